The highest BCUT2D eigenvalue weighted by atomic mass is 19.3. The van der Waals surface area contributed by atoms with E-state index in [9.17, 15) is 13.2 Å². The van der Waals surface area contributed by atoms with Gasteiger partial charge in [0.05, 0.1) is 0 Å². The van der Waals surface area contributed by atoms with Crippen LogP contribution in [-0.4, -0.2) is 37.6 Å². The number of alkyl halides is 2. The lowest BCUT2D eigenvalue weighted by atomic mass is 9.93. The number of rotatable bonds is 4. The van der Waals surface area contributed by atoms with Gasteiger partial charge in [0.15, 0.2) is 5.96 Å². The van der Waals surface area contributed by atoms with Gasteiger partial charge in [0, 0.05) is 32.2 Å². The molecule has 0 amide bonds. The lowest BCUT2D eigenvalue weighted by Gasteiger charge is -2.24. The first-order chi connectivity index (χ1) is 10.8. The van der Waals surface area contributed by atoms with Gasteiger partial charge in [-0.25, -0.2) is 4.39 Å². The van der Waals surface area contributed by atoms with Crippen LogP contribution in [0, 0.1) is 11.2 Å². The number of nitrogens with one attached hydrogen (secondary N) is 1. The van der Waals surface area contributed by atoms with Crippen molar-refractivity contribution >= 4 is 5.96 Å². The fourth-order valence-electron chi connectivity index (χ4n) is 2.71. The van der Waals surface area contributed by atoms with Gasteiger partial charge < -0.3 is 15.0 Å². The van der Waals surface area contributed by atoms with Crippen LogP contribution in [0.15, 0.2) is 23.2 Å². The zero-order valence-corrected chi connectivity index (χ0v) is 13.6. The van der Waals surface area contributed by atoms with Crippen molar-refractivity contribution in [3.8, 4) is 5.75 Å². The maximum absolute atomic E-state index is 13.9. The fraction of sp³-hybridized carbons (Fsp3) is 0.562. The van der Waals surface area contributed by atoms with Crippen LogP contribution in [0.5, 0.6) is 5.75 Å². The number of benzene rings is 1. The van der Waals surface area contributed by atoms with E-state index in [1.165, 1.54) is 18.2 Å². The van der Waals surface area contributed by atoms with Crippen molar-refractivity contribution in [1.82, 2.24) is 10.2 Å². The van der Waals surface area contributed by atoms with Crippen molar-refractivity contribution in [2.75, 3.05) is 20.1 Å². The minimum atomic E-state index is -2.99. The number of halogens is 3. The summed E-state index contributed by atoms with van der Waals surface area (Å²) >= 11 is 0. The predicted octanol–water partition coefficient (Wildman–Crippen LogP) is 3.23. The Kier molecular flexibility index (Phi) is 5.38. The van der Waals surface area contributed by atoms with Crippen LogP contribution in [0.2, 0.25) is 0 Å². The molecule has 0 bridgehead atoms. The van der Waals surface area contributed by atoms with Gasteiger partial charge in [0.25, 0.3) is 0 Å². The topological polar surface area (TPSA) is 36.9 Å². The molecule has 0 saturated carbocycles. The summed E-state index contributed by atoms with van der Waals surface area (Å²) in [5, 5.41) is 3.03. The normalized spacial score (nSPS) is 17.7. The molecule has 128 valence electrons. The van der Waals surface area contributed by atoms with Crippen molar-refractivity contribution in [3.05, 3.63) is 29.6 Å². The Morgan fingerprint density at radius 3 is 2.74 bits per heavy atom. The first-order valence-electron chi connectivity index (χ1n) is 7.50. The minimum Gasteiger partial charge on any atom is -0.434 e. The third kappa shape index (κ3) is 4.53. The molecule has 0 spiro atoms. The predicted molar refractivity (Wildman–Crippen MR) is 83.2 cm³/mol. The summed E-state index contributed by atoms with van der Waals surface area (Å²) in [6.07, 6.45) is 1.03. The van der Waals surface area contributed by atoms with Gasteiger partial charge in [0.1, 0.15) is 11.6 Å². The van der Waals surface area contributed by atoms with Gasteiger partial charge >= 0.3 is 6.61 Å². The van der Waals surface area contributed by atoms with Crippen LogP contribution >= 0.6 is 0 Å². The molecule has 7 heteroatoms. The summed E-state index contributed by atoms with van der Waals surface area (Å²) in [6, 6.07) is 3.89. The number of nitrogens with zero attached hydrogens (tertiary/aromatic N) is 2. The number of hydrogen-bond acceptors (Lipinski definition) is 2. The molecule has 1 N–H and O–H groups in total. The second-order valence-corrected chi connectivity index (χ2v) is 6.33. The standard InChI is InChI=1S/C16H22F3N3O/c1-16(2)7-8-22(10-16)15(20-3)21-9-11-12(17)5-4-6-13(11)23-14(18)19/h4-6,14H,7-10H2,1-3H3,(H,20,21). The van der Waals surface area contributed by atoms with Crippen molar-refractivity contribution in [2.24, 2.45) is 10.4 Å². The Morgan fingerprint density at radius 1 is 1.43 bits per heavy atom. The van der Waals surface area contributed by atoms with Gasteiger partial charge in [-0.1, -0.05) is 19.9 Å². The maximum atomic E-state index is 13.9. The quantitative estimate of drug-likeness (QED) is 0.681. The highest BCUT2D eigenvalue weighted by Gasteiger charge is 2.31. The Balaban J connectivity index is 2.08. The van der Waals surface area contributed by atoms with E-state index in [4.69, 9.17) is 0 Å². The number of ether oxygens (including phenoxy) is 1. The van der Waals surface area contributed by atoms with Crippen LogP contribution in [0.25, 0.3) is 0 Å². The molecule has 0 aromatic heterocycles. The molecule has 1 aromatic rings. The lowest BCUT2D eigenvalue weighted by Crippen LogP contribution is -2.40. The van der Waals surface area contributed by atoms with Gasteiger partial charge in [-0.15, -0.1) is 0 Å². The molecular weight excluding hydrogens is 307 g/mol. The average Bonchev–Trinajstić information content (AvgIpc) is 2.81. The first kappa shape index (κ1) is 17.4. The van der Waals surface area contributed by atoms with Crippen molar-refractivity contribution in [3.63, 3.8) is 0 Å². The number of hydrogen-bond donors (Lipinski definition) is 1. The summed E-state index contributed by atoms with van der Waals surface area (Å²) < 4.78 is 43.2. The minimum absolute atomic E-state index is 0.0261. The van der Waals surface area contributed by atoms with Gasteiger partial charge in [-0.05, 0) is 24.0 Å². The molecule has 1 saturated heterocycles. The lowest BCUT2D eigenvalue weighted by molar-refractivity contribution is -0.0506. The zero-order valence-electron chi connectivity index (χ0n) is 13.6. The van der Waals surface area contributed by atoms with E-state index < -0.39 is 12.4 Å². The van der Waals surface area contributed by atoms with Gasteiger partial charge in [-0.3, -0.25) is 4.99 Å². The molecule has 1 aliphatic heterocycles. The molecule has 0 radical (unpaired) electrons. The summed E-state index contributed by atoms with van der Waals surface area (Å²) in [5.74, 6) is -0.126. The van der Waals surface area contributed by atoms with E-state index in [-0.39, 0.29) is 23.3 Å². The maximum Gasteiger partial charge on any atom is 0.387 e. The monoisotopic (exact) mass is 329 g/mol. The molecule has 0 aliphatic carbocycles. The van der Waals surface area contributed by atoms with Crippen molar-refractivity contribution < 1.29 is 17.9 Å². The average molecular weight is 329 g/mol. The smallest absolute Gasteiger partial charge is 0.387 e. The van der Waals surface area contributed by atoms with E-state index in [0.29, 0.717) is 5.96 Å². The SMILES string of the molecule is CN=C(NCc1c(F)cccc1OC(F)F)N1CCC(C)(C)C1. The van der Waals surface area contributed by atoms with E-state index in [1.807, 2.05) is 0 Å². The van der Waals surface area contributed by atoms with Crippen molar-refractivity contribution in [1.29, 1.82) is 0 Å². The Morgan fingerprint density at radius 2 is 2.17 bits per heavy atom. The summed E-state index contributed by atoms with van der Waals surface area (Å²) in [4.78, 5) is 6.27. The number of likely N-dealkylation sites (tertiary alicyclic amines) is 1. The highest BCUT2D eigenvalue weighted by Crippen LogP contribution is 2.29. The van der Waals surface area contributed by atoms with Crippen LogP contribution in [0.3, 0.4) is 0 Å². The second-order valence-electron chi connectivity index (χ2n) is 6.33. The molecule has 0 unspecified atom stereocenters. The summed E-state index contributed by atoms with van der Waals surface area (Å²) in [6.45, 7) is 3.07. The molecule has 1 aliphatic rings. The molecule has 2 rings (SSSR count). The highest BCUT2D eigenvalue weighted by molar-refractivity contribution is 5.80. The fourth-order valence-corrected chi connectivity index (χ4v) is 2.71. The van der Waals surface area contributed by atoms with E-state index in [1.54, 1.807) is 7.05 Å². The van der Waals surface area contributed by atoms with Crippen LogP contribution in [-0.2, 0) is 6.54 Å². The van der Waals surface area contributed by atoms with Gasteiger partial charge in [0.2, 0.25) is 0 Å². The Labute approximate surface area is 134 Å². The van der Waals surface area contributed by atoms with Gasteiger partial charge in [-0.2, -0.15) is 8.78 Å². The first-order valence-corrected chi connectivity index (χ1v) is 7.50. The largest absolute Gasteiger partial charge is 0.434 e. The van der Waals surface area contributed by atoms with Crippen LogP contribution in [0.1, 0.15) is 25.8 Å². The van der Waals surface area contributed by atoms with Crippen molar-refractivity contribution in [2.45, 2.75) is 33.4 Å². The number of aliphatic imine (C=N–C) groups is 1. The number of guanidine groups is 1. The Bertz CT molecular complexity index is 576. The summed E-state index contributed by atoms with van der Waals surface area (Å²) in [5.41, 5.74) is 0.256. The molecule has 1 fully saturated rings. The van der Waals surface area contributed by atoms with E-state index in [2.05, 4.69) is 33.8 Å². The molecule has 4 nitrogen and oxygen atoms in total. The summed E-state index contributed by atoms with van der Waals surface area (Å²) in [7, 11) is 1.64. The van der Waals surface area contributed by atoms with E-state index in [0.717, 1.165) is 19.5 Å². The second kappa shape index (κ2) is 7.10. The van der Waals surface area contributed by atoms with E-state index >= 15 is 0 Å². The third-order valence-corrected chi connectivity index (χ3v) is 3.90. The molecule has 1 heterocycles. The Hall–Kier alpha value is -1.92. The molecule has 1 aromatic carbocycles. The van der Waals surface area contributed by atoms with Crippen LogP contribution < -0.4 is 10.1 Å². The third-order valence-electron chi connectivity index (χ3n) is 3.90. The molecule has 0 atom stereocenters. The van der Waals surface area contributed by atoms with Crippen LogP contribution in [0.4, 0.5) is 13.2 Å². The molecule has 23 heavy (non-hydrogen) atoms. The zero-order chi connectivity index (χ0) is 17.0. The molecular formula is C16H22F3N3O.